The van der Waals surface area contributed by atoms with Crippen LogP contribution in [0.4, 0.5) is 5.69 Å². The molecule has 0 aromatic heterocycles. The van der Waals surface area contributed by atoms with Gasteiger partial charge in [0.1, 0.15) is 5.78 Å². The van der Waals surface area contributed by atoms with Crippen molar-refractivity contribution in [3.05, 3.63) is 63.6 Å². The van der Waals surface area contributed by atoms with Crippen LogP contribution in [0.3, 0.4) is 0 Å². The zero-order chi connectivity index (χ0) is 18.8. The quantitative estimate of drug-likeness (QED) is 0.738. The summed E-state index contributed by atoms with van der Waals surface area (Å²) in [6.45, 7) is 0. The normalized spacial score (nSPS) is 29.7. The lowest BCUT2D eigenvalue weighted by molar-refractivity contribution is -0.131. The third kappa shape index (κ3) is 2.55. The highest BCUT2D eigenvalue weighted by atomic mass is 35.5. The molecule has 0 radical (unpaired) electrons. The summed E-state index contributed by atoms with van der Waals surface area (Å²) in [5.41, 5.74) is 1.98. The van der Waals surface area contributed by atoms with Gasteiger partial charge in [-0.2, -0.15) is 0 Å². The summed E-state index contributed by atoms with van der Waals surface area (Å²) in [4.78, 5) is 26.2. The number of rotatable bonds is 2. The first-order valence-corrected chi connectivity index (χ1v) is 10.1. The average molecular weight is 400 g/mol. The molecule has 3 nitrogen and oxygen atoms in total. The Kier molecular flexibility index (Phi) is 3.89. The Balaban J connectivity index is 1.76. The minimum absolute atomic E-state index is 0.00542. The maximum absolute atomic E-state index is 13.5. The average Bonchev–Trinajstić information content (AvgIpc) is 3.42. The third-order valence-corrected chi connectivity index (χ3v) is 6.98. The number of Topliss-reactive ketones (excluding diaryl/α,β-unsaturated/α-hetero) is 1. The minimum atomic E-state index is -0.736. The molecule has 3 aliphatic rings. The molecular weight excluding hydrogens is 381 g/mol. The molecule has 2 aliphatic carbocycles. The zero-order valence-electron chi connectivity index (χ0n) is 14.7. The summed E-state index contributed by atoms with van der Waals surface area (Å²) in [6.07, 6.45) is 2.99. The highest BCUT2D eigenvalue weighted by Crippen LogP contribution is 2.62. The molecule has 1 spiro atoms. The molecule has 2 fully saturated rings. The van der Waals surface area contributed by atoms with Gasteiger partial charge in [-0.15, -0.1) is 0 Å². The largest absolute Gasteiger partial charge is 0.325 e. The maximum atomic E-state index is 13.5. The number of benzene rings is 2. The van der Waals surface area contributed by atoms with Crippen molar-refractivity contribution in [1.82, 2.24) is 0 Å². The number of halogens is 2. The van der Waals surface area contributed by atoms with Gasteiger partial charge in [-0.1, -0.05) is 41.4 Å². The fraction of sp³-hybridized carbons (Fsp3) is 0.364. The summed E-state index contributed by atoms with van der Waals surface area (Å²) in [6, 6.07) is 13.2. The second-order valence-corrected chi connectivity index (χ2v) is 8.88. The van der Waals surface area contributed by atoms with Crippen LogP contribution in [-0.2, 0) is 15.0 Å². The van der Waals surface area contributed by atoms with Crippen LogP contribution in [0.25, 0.3) is 0 Å². The lowest BCUT2D eigenvalue weighted by Crippen LogP contribution is -2.52. The number of hydrogen-bond donors (Lipinski definition) is 1. The van der Waals surface area contributed by atoms with Crippen molar-refractivity contribution in [3.8, 4) is 0 Å². The number of ketones is 1. The molecule has 1 N–H and O–H groups in total. The molecule has 1 amide bonds. The van der Waals surface area contributed by atoms with Gasteiger partial charge in [-0.25, -0.2) is 0 Å². The lowest BCUT2D eigenvalue weighted by atomic mass is 9.54. The number of hydrogen-bond acceptors (Lipinski definition) is 2. The van der Waals surface area contributed by atoms with E-state index in [0.29, 0.717) is 28.8 Å². The molecule has 1 heterocycles. The van der Waals surface area contributed by atoms with Crippen LogP contribution in [0.1, 0.15) is 42.7 Å². The number of carbonyl (C=O) groups is 2. The van der Waals surface area contributed by atoms with Crippen molar-refractivity contribution in [2.24, 2.45) is 11.8 Å². The predicted octanol–water partition coefficient (Wildman–Crippen LogP) is 5.36. The van der Waals surface area contributed by atoms with Crippen LogP contribution in [-0.4, -0.2) is 11.7 Å². The van der Waals surface area contributed by atoms with E-state index >= 15 is 0 Å². The van der Waals surface area contributed by atoms with Crippen LogP contribution in [0.5, 0.6) is 0 Å². The zero-order valence-corrected chi connectivity index (χ0v) is 16.2. The number of nitrogens with one attached hydrogen (secondary N) is 1. The third-order valence-electron chi connectivity index (χ3n) is 6.51. The van der Waals surface area contributed by atoms with E-state index in [2.05, 4.69) is 5.32 Å². The number of fused-ring (bicyclic) bond motifs is 2. The Labute approximate surface area is 168 Å². The standard InChI is InChI=1S/C22H19Cl2NO2/c23-14-3-1-2-13(8-14)19-11-16(26)10-18(12-4-5-12)22(19)17-7-6-15(24)9-20(17)25-21(22)27/h1-3,6-9,12,18-19H,4-5,10-11H2,(H,25,27)/t18-,19-,22-/m0/s1. The second kappa shape index (κ2) is 6.08. The van der Waals surface area contributed by atoms with Crippen LogP contribution in [0, 0.1) is 11.8 Å². The maximum Gasteiger partial charge on any atom is 0.236 e. The molecule has 1 aliphatic heterocycles. The van der Waals surface area contributed by atoms with E-state index in [1.807, 2.05) is 42.5 Å². The number of carbonyl (C=O) groups excluding carboxylic acids is 2. The summed E-state index contributed by atoms with van der Waals surface area (Å²) >= 11 is 12.4. The molecule has 3 atom stereocenters. The monoisotopic (exact) mass is 399 g/mol. The van der Waals surface area contributed by atoms with Gasteiger partial charge in [0, 0.05) is 34.5 Å². The van der Waals surface area contributed by atoms with Gasteiger partial charge < -0.3 is 5.32 Å². The molecule has 0 unspecified atom stereocenters. The van der Waals surface area contributed by atoms with Crippen molar-refractivity contribution >= 4 is 40.6 Å². The lowest BCUT2D eigenvalue weighted by Gasteiger charge is -2.46. The smallest absolute Gasteiger partial charge is 0.236 e. The Morgan fingerprint density at radius 3 is 2.48 bits per heavy atom. The molecule has 2 aromatic carbocycles. The summed E-state index contributed by atoms with van der Waals surface area (Å²) in [7, 11) is 0. The summed E-state index contributed by atoms with van der Waals surface area (Å²) in [5, 5.41) is 4.29. The Morgan fingerprint density at radius 2 is 1.74 bits per heavy atom. The Bertz CT molecular complexity index is 969. The Hall–Kier alpha value is -1.84. The molecule has 27 heavy (non-hydrogen) atoms. The first kappa shape index (κ1) is 17.3. The van der Waals surface area contributed by atoms with Gasteiger partial charge in [0.15, 0.2) is 0 Å². The van der Waals surface area contributed by atoms with Gasteiger partial charge in [0.05, 0.1) is 5.41 Å². The van der Waals surface area contributed by atoms with E-state index in [-0.39, 0.29) is 23.5 Å². The van der Waals surface area contributed by atoms with Gasteiger partial charge in [-0.05, 0) is 60.1 Å². The van der Waals surface area contributed by atoms with Crippen molar-refractivity contribution < 1.29 is 9.59 Å². The molecule has 5 rings (SSSR count). The highest BCUT2D eigenvalue weighted by molar-refractivity contribution is 6.31. The van der Waals surface area contributed by atoms with E-state index in [1.54, 1.807) is 0 Å². The first-order chi connectivity index (χ1) is 13.0. The highest BCUT2D eigenvalue weighted by Gasteiger charge is 2.63. The second-order valence-electron chi connectivity index (χ2n) is 8.01. The molecule has 0 saturated heterocycles. The molecular formula is C22H19Cl2NO2. The predicted molar refractivity (Wildman–Crippen MR) is 106 cm³/mol. The van der Waals surface area contributed by atoms with Gasteiger partial charge in [-0.3, -0.25) is 9.59 Å². The molecule has 2 saturated carbocycles. The Morgan fingerprint density at radius 1 is 0.963 bits per heavy atom. The summed E-state index contributed by atoms with van der Waals surface area (Å²) in [5.74, 6) is 0.450. The topological polar surface area (TPSA) is 46.2 Å². The van der Waals surface area contributed by atoms with Crippen molar-refractivity contribution in [1.29, 1.82) is 0 Å². The van der Waals surface area contributed by atoms with Crippen LogP contribution < -0.4 is 5.32 Å². The molecule has 0 bridgehead atoms. The van der Waals surface area contributed by atoms with Crippen LogP contribution in [0.15, 0.2) is 42.5 Å². The number of anilines is 1. The first-order valence-electron chi connectivity index (χ1n) is 9.39. The van der Waals surface area contributed by atoms with E-state index in [4.69, 9.17) is 23.2 Å². The van der Waals surface area contributed by atoms with E-state index in [0.717, 1.165) is 29.7 Å². The number of amides is 1. The van der Waals surface area contributed by atoms with Crippen molar-refractivity contribution in [2.45, 2.75) is 37.0 Å². The van der Waals surface area contributed by atoms with Crippen molar-refractivity contribution in [2.75, 3.05) is 5.32 Å². The van der Waals surface area contributed by atoms with E-state index in [9.17, 15) is 9.59 Å². The fourth-order valence-corrected chi connectivity index (χ4v) is 5.69. The SMILES string of the molecule is O=C1C[C@@H](c2cccc(Cl)c2)[C@@]2(C(=O)Nc3cc(Cl)ccc32)[C@H](C2CC2)C1. The molecule has 2 aromatic rings. The summed E-state index contributed by atoms with van der Waals surface area (Å²) < 4.78 is 0. The van der Waals surface area contributed by atoms with E-state index in [1.165, 1.54) is 0 Å². The van der Waals surface area contributed by atoms with Crippen LogP contribution in [0.2, 0.25) is 10.0 Å². The van der Waals surface area contributed by atoms with Gasteiger partial charge in [0.2, 0.25) is 5.91 Å². The fourth-order valence-electron chi connectivity index (χ4n) is 5.32. The minimum Gasteiger partial charge on any atom is -0.325 e. The molecule has 138 valence electrons. The molecule has 5 heteroatoms. The van der Waals surface area contributed by atoms with Gasteiger partial charge >= 0.3 is 0 Å². The van der Waals surface area contributed by atoms with Crippen molar-refractivity contribution in [3.63, 3.8) is 0 Å². The van der Waals surface area contributed by atoms with Crippen LogP contribution >= 0.6 is 23.2 Å². The van der Waals surface area contributed by atoms with Gasteiger partial charge in [0.25, 0.3) is 0 Å². The van der Waals surface area contributed by atoms with E-state index < -0.39 is 5.41 Å².